The van der Waals surface area contributed by atoms with E-state index in [1.165, 1.54) is 0 Å². The Morgan fingerprint density at radius 1 is 1.00 bits per heavy atom. The molecule has 2 rings (SSSR count). The van der Waals surface area contributed by atoms with Crippen LogP contribution in [0.3, 0.4) is 0 Å². The minimum atomic E-state index is -0.185. The molecule has 2 aromatic rings. The quantitative estimate of drug-likeness (QED) is 0.647. The van der Waals surface area contributed by atoms with Crippen molar-refractivity contribution in [1.82, 2.24) is 4.90 Å². The molecule has 0 bridgehead atoms. The Kier molecular flexibility index (Phi) is 8.42. The Bertz CT molecular complexity index is 781. The fraction of sp³-hybridized carbons (Fsp3) is 0.381. The highest BCUT2D eigenvalue weighted by atomic mass is 35.5. The number of rotatable bonds is 9. The number of aliphatic hydroxyl groups excluding tert-OH is 1. The average Bonchev–Trinajstić information content (AvgIpc) is 2.66. The monoisotopic (exact) mass is 425 g/mol. The van der Waals surface area contributed by atoms with Gasteiger partial charge in [0.2, 0.25) is 0 Å². The van der Waals surface area contributed by atoms with Gasteiger partial charge in [0, 0.05) is 34.3 Å². The number of amides is 1. The number of halogens is 2. The molecule has 0 aromatic heterocycles. The molecule has 0 radical (unpaired) electrons. The molecule has 1 N–H and O–H groups in total. The van der Waals surface area contributed by atoms with Gasteiger partial charge in [0.1, 0.15) is 11.5 Å². The average molecular weight is 426 g/mol. The van der Waals surface area contributed by atoms with Crippen LogP contribution in [0.4, 0.5) is 0 Å². The summed E-state index contributed by atoms with van der Waals surface area (Å²) in [5.41, 5.74) is 2.29. The van der Waals surface area contributed by atoms with Crippen LogP contribution in [-0.2, 0) is 6.42 Å². The molecule has 0 fully saturated rings. The molecular formula is C21H25Cl2NO4. The standard InChI is InChI=1S/C21H25Cl2NO4/c1-14-19(27-2)11-16(12-20(14)28-3)21(26)24(7-8-25)6-4-5-15-9-17(22)13-18(23)10-15/h9-13,25H,4-8H2,1-3H3. The Morgan fingerprint density at radius 2 is 1.57 bits per heavy atom. The fourth-order valence-corrected chi connectivity index (χ4v) is 3.63. The summed E-state index contributed by atoms with van der Waals surface area (Å²) in [7, 11) is 3.11. The first-order chi connectivity index (χ1) is 13.4. The highest BCUT2D eigenvalue weighted by Crippen LogP contribution is 2.30. The van der Waals surface area contributed by atoms with Crippen LogP contribution in [0, 0.1) is 6.92 Å². The number of carbonyl (C=O) groups excluding carboxylic acids is 1. The van der Waals surface area contributed by atoms with Crippen molar-refractivity contribution in [3.63, 3.8) is 0 Å². The lowest BCUT2D eigenvalue weighted by atomic mass is 10.1. The second-order valence-electron chi connectivity index (χ2n) is 6.40. The third kappa shape index (κ3) is 5.77. The molecule has 0 unspecified atom stereocenters. The molecule has 0 saturated heterocycles. The summed E-state index contributed by atoms with van der Waals surface area (Å²) in [5, 5.41) is 10.6. The van der Waals surface area contributed by atoms with Gasteiger partial charge in [-0.2, -0.15) is 0 Å². The van der Waals surface area contributed by atoms with Crippen molar-refractivity contribution in [2.75, 3.05) is 33.9 Å². The van der Waals surface area contributed by atoms with E-state index in [0.29, 0.717) is 40.1 Å². The van der Waals surface area contributed by atoms with Gasteiger partial charge in [-0.25, -0.2) is 0 Å². The van der Waals surface area contributed by atoms with Crippen LogP contribution in [0.2, 0.25) is 10.0 Å². The number of aryl methyl sites for hydroxylation is 1. The molecule has 5 nitrogen and oxygen atoms in total. The highest BCUT2D eigenvalue weighted by molar-refractivity contribution is 6.34. The van der Waals surface area contributed by atoms with Crippen molar-refractivity contribution in [1.29, 1.82) is 0 Å². The Labute approximate surface area is 175 Å². The van der Waals surface area contributed by atoms with Gasteiger partial charge >= 0.3 is 0 Å². The van der Waals surface area contributed by atoms with E-state index < -0.39 is 0 Å². The van der Waals surface area contributed by atoms with Gasteiger partial charge < -0.3 is 19.5 Å². The number of hydrogen-bond acceptors (Lipinski definition) is 4. The first kappa shape index (κ1) is 22.3. The third-order valence-electron chi connectivity index (χ3n) is 4.47. The van der Waals surface area contributed by atoms with Crippen molar-refractivity contribution in [3.05, 3.63) is 57.1 Å². The van der Waals surface area contributed by atoms with Gasteiger partial charge in [-0.3, -0.25) is 4.79 Å². The van der Waals surface area contributed by atoms with Crippen molar-refractivity contribution in [2.45, 2.75) is 19.8 Å². The highest BCUT2D eigenvalue weighted by Gasteiger charge is 2.19. The largest absolute Gasteiger partial charge is 0.496 e. The number of benzene rings is 2. The van der Waals surface area contributed by atoms with Gasteiger partial charge in [0.25, 0.3) is 5.91 Å². The Balaban J connectivity index is 2.13. The van der Waals surface area contributed by atoms with Crippen molar-refractivity contribution in [3.8, 4) is 11.5 Å². The maximum Gasteiger partial charge on any atom is 0.254 e. The zero-order chi connectivity index (χ0) is 20.7. The Hall–Kier alpha value is -1.95. The lowest BCUT2D eigenvalue weighted by Crippen LogP contribution is -2.34. The number of aliphatic hydroxyl groups is 1. The number of hydrogen-bond donors (Lipinski definition) is 1. The number of methoxy groups -OCH3 is 2. The first-order valence-electron chi connectivity index (χ1n) is 8.97. The van der Waals surface area contributed by atoms with E-state index in [0.717, 1.165) is 17.5 Å². The van der Waals surface area contributed by atoms with Gasteiger partial charge in [-0.05, 0) is 55.7 Å². The van der Waals surface area contributed by atoms with Crippen LogP contribution in [0.1, 0.15) is 27.9 Å². The van der Waals surface area contributed by atoms with Gasteiger partial charge in [0.15, 0.2) is 0 Å². The van der Waals surface area contributed by atoms with Crippen LogP contribution in [0.25, 0.3) is 0 Å². The number of carbonyl (C=O) groups is 1. The minimum Gasteiger partial charge on any atom is -0.496 e. The summed E-state index contributed by atoms with van der Waals surface area (Å²) in [6.07, 6.45) is 1.43. The summed E-state index contributed by atoms with van der Waals surface area (Å²) >= 11 is 12.1. The summed E-state index contributed by atoms with van der Waals surface area (Å²) in [5.74, 6) is 0.982. The SMILES string of the molecule is COc1cc(C(=O)N(CCO)CCCc2cc(Cl)cc(Cl)c2)cc(OC)c1C. The van der Waals surface area contributed by atoms with E-state index >= 15 is 0 Å². The zero-order valence-corrected chi connectivity index (χ0v) is 17.8. The predicted molar refractivity (Wildman–Crippen MR) is 112 cm³/mol. The molecule has 0 aliphatic carbocycles. The van der Waals surface area contributed by atoms with E-state index in [-0.39, 0.29) is 19.1 Å². The van der Waals surface area contributed by atoms with Crippen LogP contribution in [0.15, 0.2) is 30.3 Å². The van der Waals surface area contributed by atoms with Crippen LogP contribution >= 0.6 is 23.2 Å². The molecule has 0 heterocycles. The second-order valence-corrected chi connectivity index (χ2v) is 7.28. The Morgan fingerprint density at radius 3 is 2.07 bits per heavy atom. The normalized spacial score (nSPS) is 10.6. The molecule has 1 amide bonds. The lowest BCUT2D eigenvalue weighted by Gasteiger charge is -2.23. The molecule has 0 saturated carbocycles. The van der Waals surface area contributed by atoms with E-state index in [4.69, 9.17) is 32.7 Å². The molecule has 0 aliphatic rings. The minimum absolute atomic E-state index is 0.116. The van der Waals surface area contributed by atoms with Crippen LogP contribution < -0.4 is 9.47 Å². The van der Waals surface area contributed by atoms with E-state index in [9.17, 15) is 9.90 Å². The molecular weight excluding hydrogens is 401 g/mol. The van der Waals surface area contributed by atoms with Gasteiger partial charge in [-0.15, -0.1) is 0 Å². The number of ether oxygens (including phenoxy) is 2. The summed E-state index contributed by atoms with van der Waals surface area (Å²) in [4.78, 5) is 14.6. The van der Waals surface area contributed by atoms with E-state index in [2.05, 4.69) is 0 Å². The van der Waals surface area contributed by atoms with Gasteiger partial charge in [0.05, 0.1) is 20.8 Å². The van der Waals surface area contributed by atoms with Gasteiger partial charge in [-0.1, -0.05) is 23.2 Å². The molecule has 7 heteroatoms. The molecule has 0 spiro atoms. The maximum atomic E-state index is 13.0. The van der Waals surface area contributed by atoms with Crippen molar-refractivity contribution >= 4 is 29.1 Å². The van der Waals surface area contributed by atoms with Crippen LogP contribution in [0.5, 0.6) is 11.5 Å². The molecule has 28 heavy (non-hydrogen) atoms. The third-order valence-corrected chi connectivity index (χ3v) is 4.91. The molecule has 0 atom stereocenters. The van der Waals surface area contributed by atoms with Crippen LogP contribution in [-0.4, -0.2) is 49.8 Å². The molecule has 152 valence electrons. The summed E-state index contributed by atoms with van der Waals surface area (Å²) < 4.78 is 10.7. The maximum absolute atomic E-state index is 13.0. The van der Waals surface area contributed by atoms with Crippen molar-refractivity contribution < 1.29 is 19.4 Å². The molecule has 0 aliphatic heterocycles. The zero-order valence-electron chi connectivity index (χ0n) is 16.3. The summed E-state index contributed by atoms with van der Waals surface area (Å²) in [6, 6.07) is 8.80. The number of nitrogens with zero attached hydrogens (tertiary/aromatic N) is 1. The van der Waals surface area contributed by atoms with E-state index in [1.807, 2.05) is 19.1 Å². The van der Waals surface area contributed by atoms with E-state index in [1.54, 1.807) is 37.3 Å². The fourth-order valence-electron chi connectivity index (χ4n) is 3.06. The smallest absolute Gasteiger partial charge is 0.254 e. The first-order valence-corrected chi connectivity index (χ1v) is 9.73. The lowest BCUT2D eigenvalue weighted by molar-refractivity contribution is 0.0719. The molecule has 2 aromatic carbocycles. The van der Waals surface area contributed by atoms with Crippen molar-refractivity contribution in [2.24, 2.45) is 0 Å². The summed E-state index contributed by atoms with van der Waals surface area (Å²) in [6.45, 7) is 2.48. The topological polar surface area (TPSA) is 59.0 Å². The second kappa shape index (κ2) is 10.6. The predicted octanol–water partition coefficient (Wildman–Crippen LogP) is 4.39.